The highest BCUT2D eigenvalue weighted by molar-refractivity contribution is 7.99. The first-order valence-electron chi connectivity index (χ1n) is 4.19. The minimum absolute atomic E-state index is 0.257. The van der Waals surface area contributed by atoms with E-state index in [9.17, 15) is 4.79 Å². The summed E-state index contributed by atoms with van der Waals surface area (Å²) in [4.78, 5) is 10.9. The van der Waals surface area contributed by atoms with Gasteiger partial charge in [-0.25, -0.2) is 0 Å². The molecular formula is C8H12O3S. The Morgan fingerprint density at radius 3 is 3.08 bits per heavy atom. The van der Waals surface area contributed by atoms with E-state index in [1.54, 1.807) is 11.8 Å². The van der Waals surface area contributed by atoms with Gasteiger partial charge in [-0.1, -0.05) is 0 Å². The first-order valence-corrected chi connectivity index (χ1v) is 5.35. The lowest BCUT2D eigenvalue weighted by Crippen LogP contribution is -2.39. The van der Waals surface area contributed by atoms with Gasteiger partial charge in [0.2, 0.25) is 0 Å². The van der Waals surface area contributed by atoms with Gasteiger partial charge >= 0.3 is 5.97 Å². The number of carbonyl (C=O) groups is 1. The van der Waals surface area contributed by atoms with E-state index in [4.69, 9.17) is 9.84 Å². The Morgan fingerprint density at radius 2 is 2.50 bits per heavy atom. The van der Waals surface area contributed by atoms with Gasteiger partial charge in [-0.3, -0.25) is 4.79 Å². The summed E-state index contributed by atoms with van der Waals surface area (Å²) in [5, 5.41) is 8.95. The summed E-state index contributed by atoms with van der Waals surface area (Å²) in [5.74, 6) is 0.968. The molecule has 1 N–H and O–H groups in total. The summed E-state index contributed by atoms with van der Waals surface area (Å²) in [6, 6.07) is 0. The van der Waals surface area contributed by atoms with Gasteiger partial charge in [0, 0.05) is 12.4 Å². The van der Waals surface area contributed by atoms with Crippen LogP contribution in [0.25, 0.3) is 0 Å². The monoisotopic (exact) mass is 188 g/mol. The quantitative estimate of drug-likeness (QED) is 0.666. The standard InChI is InChI=1S/C8H12O3S/c9-7(10)6-1-3-11-8(6)2-4-12-5-8/h6H,1-5H2,(H,9,10). The highest BCUT2D eigenvalue weighted by Gasteiger charge is 2.50. The van der Waals surface area contributed by atoms with E-state index in [0.29, 0.717) is 13.0 Å². The molecule has 2 aliphatic heterocycles. The second-order valence-electron chi connectivity index (χ2n) is 3.40. The lowest BCUT2D eigenvalue weighted by atomic mass is 9.87. The smallest absolute Gasteiger partial charge is 0.309 e. The van der Waals surface area contributed by atoms with E-state index in [2.05, 4.69) is 0 Å². The van der Waals surface area contributed by atoms with Crippen LogP contribution in [0.1, 0.15) is 12.8 Å². The van der Waals surface area contributed by atoms with Gasteiger partial charge in [-0.15, -0.1) is 0 Å². The molecule has 2 atom stereocenters. The first kappa shape index (κ1) is 8.38. The second-order valence-corrected chi connectivity index (χ2v) is 4.50. The van der Waals surface area contributed by atoms with Crippen molar-refractivity contribution >= 4 is 17.7 Å². The van der Waals surface area contributed by atoms with Gasteiger partial charge in [0.1, 0.15) is 0 Å². The van der Waals surface area contributed by atoms with Crippen LogP contribution in [0.15, 0.2) is 0 Å². The number of hydrogen-bond acceptors (Lipinski definition) is 3. The molecule has 2 rings (SSSR count). The first-order chi connectivity index (χ1) is 5.75. The van der Waals surface area contributed by atoms with Crippen LogP contribution in [0.4, 0.5) is 0 Å². The van der Waals surface area contributed by atoms with Crippen LogP contribution in [-0.4, -0.2) is 34.8 Å². The number of hydrogen-bond donors (Lipinski definition) is 1. The normalized spacial score (nSPS) is 40.8. The average molecular weight is 188 g/mol. The van der Waals surface area contributed by atoms with E-state index in [-0.39, 0.29) is 11.5 Å². The Labute approximate surface area is 75.5 Å². The van der Waals surface area contributed by atoms with Gasteiger partial charge in [0.05, 0.1) is 11.5 Å². The molecule has 3 nitrogen and oxygen atoms in total. The molecule has 0 aromatic heterocycles. The SMILES string of the molecule is O=C(O)C1CCOC12CCSC2. The Morgan fingerprint density at radius 1 is 1.67 bits per heavy atom. The maximum Gasteiger partial charge on any atom is 0.309 e. The van der Waals surface area contributed by atoms with Crippen molar-refractivity contribution in [1.82, 2.24) is 0 Å². The molecule has 0 amide bonds. The Kier molecular flexibility index (Phi) is 2.04. The molecule has 2 saturated heterocycles. The molecular weight excluding hydrogens is 176 g/mol. The second kappa shape index (κ2) is 2.92. The number of ether oxygens (including phenoxy) is 1. The minimum Gasteiger partial charge on any atom is -0.481 e. The molecule has 4 heteroatoms. The van der Waals surface area contributed by atoms with Crippen LogP contribution < -0.4 is 0 Å². The van der Waals surface area contributed by atoms with E-state index < -0.39 is 5.97 Å². The number of rotatable bonds is 1. The third-order valence-electron chi connectivity index (χ3n) is 2.75. The lowest BCUT2D eigenvalue weighted by molar-refractivity contribution is -0.147. The molecule has 2 fully saturated rings. The lowest BCUT2D eigenvalue weighted by Gasteiger charge is -2.25. The summed E-state index contributed by atoms with van der Waals surface area (Å²) in [6.45, 7) is 0.623. The highest BCUT2D eigenvalue weighted by Crippen LogP contribution is 2.43. The fourth-order valence-corrected chi connectivity index (χ4v) is 3.45. The third kappa shape index (κ3) is 1.13. The average Bonchev–Trinajstić information content (AvgIpc) is 2.61. The molecule has 2 unspecified atom stereocenters. The number of carboxylic acid groups (broad SMARTS) is 1. The Hall–Kier alpha value is -0.220. The van der Waals surface area contributed by atoms with Crippen LogP contribution in [-0.2, 0) is 9.53 Å². The highest BCUT2D eigenvalue weighted by atomic mass is 32.2. The van der Waals surface area contributed by atoms with Crippen LogP contribution >= 0.6 is 11.8 Å². The molecule has 0 saturated carbocycles. The van der Waals surface area contributed by atoms with Gasteiger partial charge in [0.15, 0.2) is 0 Å². The third-order valence-corrected chi connectivity index (χ3v) is 3.93. The summed E-state index contributed by atoms with van der Waals surface area (Å²) < 4.78 is 5.57. The molecule has 68 valence electrons. The van der Waals surface area contributed by atoms with E-state index >= 15 is 0 Å². The zero-order valence-corrected chi connectivity index (χ0v) is 7.60. The van der Waals surface area contributed by atoms with Crippen molar-refractivity contribution < 1.29 is 14.6 Å². The van der Waals surface area contributed by atoms with Crippen molar-refractivity contribution in [2.24, 2.45) is 5.92 Å². The molecule has 0 radical (unpaired) electrons. The fourth-order valence-electron chi connectivity index (χ4n) is 2.04. The van der Waals surface area contributed by atoms with Crippen molar-refractivity contribution in [3.63, 3.8) is 0 Å². The topological polar surface area (TPSA) is 46.5 Å². The van der Waals surface area contributed by atoms with Gasteiger partial charge in [-0.2, -0.15) is 11.8 Å². The number of thioether (sulfide) groups is 1. The van der Waals surface area contributed by atoms with Gasteiger partial charge in [0.25, 0.3) is 0 Å². The van der Waals surface area contributed by atoms with Crippen molar-refractivity contribution in [3.8, 4) is 0 Å². The van der Waals surface area contributed by atoms with Gasteiger partial charge < -0.3 is 9.84 Å². The van der Waals surface area contributed by atoms with Crippen molar-refractivity contribution in [1.29, 1.82) is 0 Å². The predicted molar refractivity (Wildman–Crippen MR) is 46.4 cm³/mol. The zero-order chi connectivity index (χ0) is 8.60. The largest absolute Gasteiger partial charge is 0.481 e. The van der Waals surface area contributed by atoms with Crippen LogP contribution in [0.3, 0.4) is 0 Å². The minimum atomic E-state index is -0.685. The van der Waals surface area contributed by atoms with Crippen LogP contribution in [0.5, 0.6) is 0 Å². The molecule has 1 spiro atoms. The summed E-state index contributed by atoms with van der Waals surface area (Å²) in [5.41, 5.74) is -0.309. The summed E-state index contributed by atoms with van der Waals surface area (Å²) >= 11 is 1.80. The molecule has 0 aliphatic carbocycles. The molecule has 0 bridgehead atoms. The van der Waals surface area contributed by atoms with Gasteiger partial charge in [-0.05, 0) is 18.6 Å². The summed E-state index contributed by atoms with van der Waals surface area (Å²) in [6.07, 6.45) is 1.60. The fraction of sp³-hybridized carbons (Fsp3) is 0.875. The van der Waals surface area contributed by atoms with Crippen molar-refractivity contribution in [2.75, 3.05) is 18.1 Å². The predicted octanol–water partition coefficient (Wildman–Crippen LogP) is 0.983. The number of carboxylic acids is 1. The Bertz CT molecular complexity index is 193. The molecule has 12 heavy (non-hydrogen) atoms. The van der Waals surface area contributed by atoms with E-state index in [0.717, 1.165) is 17.9 Å². The van der Waals surface area contributed by atoms with Crippen LogP contribution in [0, 0.1) is 5.92 Å². The summed E-state index contributed by atoms with van der Waals surface area (Å²) in [7, 11) is 0. The molecule has 2 aliphatic rings. The van der Waals surface area contributed by atoms with Crippen molar-refractivity contribution in [2.45, 2.75) is 18.4 Å². The van der Waals surface area contributed by atoms with Crippen LogP contribution in [0.2, 0.25) is 0 Å². The Balaban J connectivity index is 2.17. The van der Waals surface area contributed by atoms with E-state index in [1.807, 2.05) is 0 Å². The number of aliphatic carboxylic acids is 1. The maximum absolute atomic E-state index is 10.9. The van der Waals surface area contributed by atoms with E-state index in [1.165, 1.54) is 0 Å². The molecule has 2 heterocycles. The molecule has 0 aromatic rings. The zero-order valence-electron chi connectivity index (χ0n) is 6.78. The molecule has 0 aromatic carbocycles. The maximum atomic E-state index is 10.9. The van der Waals surface area contributed by atoms with Crippen molar-refractivity contribution in [3.05, 3.63) is 0 Å².